The number of hydrogen-bond donors (Lipinski definition) is 6. The highest BCUT2D eigenvalue weighted by Crippen LogP contribution is 2.47. The van der Waals surface area contributed by atoms with Gasteiger partial charge in [-0.3, -0.25) is 18.6 Å². The lowest BCUT2D eigenvalue weighted by molar-refractivity contribution is -0.220. The van der Waals surface area contributed by atoms with Crippen molar-refractivity contribution in [1.29, 1.82) is 0 Å². The fourth-order valence-electron chi connectivity index (χ4n) is 7.82. The van der Waals surface area contributed by atoms with Crippen molar-refractivity contribution in [3.8, 4) is 0 Å². The largest absolute Gasteiger partial charge is 0.472 e. The van der Waals surface area contributed by atoms with Crippen LogP contribution in [0.3, 0.4) is 0 Å². The molecule has 6 unspecified atom stereocenters. The molecular weight excluding hydrogens is 852 g/mol. The number of unbranched alkanes of at least 4 members (excludes halogenated alkanes) is 25. The van der Waals surface area contributed by atoms with Gasteiger partial charge in [-0.25, -0.2) is 4.57 Å². The molecular formula is C51H93O13P. The van der Waals surface area contributed by atoms with E-state index in [9.17, 15) is 44.6 Å². The quantitative estimate of drug-likeness (QED) is 0.0146. The van der Waals surface area contributed by atoms with Crippen LogP contribution in [0, 0.1) is 0 Å². The number of ether oxygens (including phenoxy) is 2. The number of carbonyl (C=O) groups excluding carboxylic acids is 2. The van der Waals surface area contributed by atoms with Crippen molar-refractivity contribution >= 4 is 19.8 Å². The van der Waals surface area contributed by atoms with Crippen LogP contribution in [0.15, 0.2) is 36.5 Å². The molecule has 0 aliphatic heterocycles. The number of allylic oxidation sites excluding steroid dienone is 6. The van der Waals surface area contributed by atoms with Crippen molar-refractivity contribution in [2.24, 2.45) is 0 Å². The van der Waals surface area contributed by atoms with Crippen LogP contribution >= 0.6 is 7.82 Å². The van der Waals surface area contributed by atoms with Crippen LogP contribution in [-0.4, -0.2) is 98.3 Å². The zero-order chi connectivity index (χ0) is 47.8. The first-order chi connectivity index (χ1) is 31.4. The van der Waals surface area contributed by atoms with E-state index in [1.54, 1.807) is 0 Å². The molecule has 0 amide bonds. The van der Waals surface area contributed by atoms with E-state index < -0.39 is 75.7 Å². The Morgan fingerprint density at radius 3 is 1.29 bits per heavy atom. The molecule has 6 N–H and O–H groups in total. The van der Waals surface area contributed by atoms with Gasteiger partial charge in [0.15, 0.2) is 6.10 Å². The predicted octanol–water partition coefficient (Wildman–Crippen LogP) is 11.0. The van der Waals surface area contributed by atoms with Gasteiger partial charge in [-0.15, -0.1) is 0 Å². The molecule has 0 bridgehead atoms. The number of esters is 2. The molecule has 1 aliphatic carbocycles. The second-order valence-corrected chi connectivity index (χ2v) is 19.4. The van der Waals surface area contributed by atoms with Crippen LogP contribution in [0.5, 0.6) is 0 Å². The van der Waals surface area contributed by atoms with Gasteiger partial charge in [0.1, 0.15) is 43.2 Å². The maximum atomic E-state index is 12.8. The molecule has 0 aromatic carbocycles. The second-order valence-electron chi connectivity index (χ2n) is 18.0. The standard InChI is InChI=1S/C51H93O13P/c1-3-5-7-9-11-13-15-17-19-20-21-22-23-24-26-28-30-32-34-36-38-40-45(53)63-43(42-62-65(59,60)64-51-49(57)47(55)46(54)48(56)50(51)58)41-61-44(52)39-37-35-33-31-29-27-25-18-16-14-12-10-8-6-4-2/h12,14,18,25,29,31,43,46-51,54-58H,3-11,13,15-17,19-24,26-28,30,32-42H2,1-2H3,(H,59,60)/b14-12+,25-18+,31-29+/t43-,46?,47-,48?,49?,50?,51?/m1/s1. The Labute approximate surface area is 393 Å². The van der Waals surface area contributed by atoms with E-state index >= 15 is 0 Å². The van der Waals surface area contributed by atoms with E-state index in [2.05, 4.69) is 50.3 Å². The lowest BCUT2D eigenvalue weighted by atomic mass is 9.85. The summed E-state index contributed by atoms with van der Waals surface area (Å²) in [6.45, 7) is 3.27. The van der Waals surface area contributed by atoms with Crippen LogP contribution in [-0.2, 0) is 32.7 Å². The molecule has 0 aromatic heterocycles. The third-order valence-electron chi connectivity index (χ3n) is 12.0. The summed E-state index contributed by atoms with van der Waals surface area (Å²) in [5, 5.41) is 50.2. The Morgan fingerprint density at radius 2 is 0.831 bits per heavy atom. The number of hydrogen-bond acceptors (Lipinski definition) is 12. The molecule has 14 heteroatoms. The van der Waals surface area contributed by atoms with Gasteiger partial charge < -0.3 is 39.9 Å². The normalized spacial score (nSPS) is 21.7. The van der Waals surface area contributed by atoms with Gasteiger partial charge in [0.05, 0.1) is 6.61 Å². The SMILES string of the molecule is CCCCC/C=C/C/C=C/C/C=C/CCCCC(=O)OC[C@H](COP(=O)(O)OC1C(O)C(O)C(O)[C@@H](O)C1O)OC(=O)CCCCCCCCCCCCCCCCCCCCCCC. The number of phosphoric acid groups is 1. The van der Waals surface area contributed by atoms with Crippen molar-refractivity contribution in [1.82, 2.24) is 0 Å². The minimum atomic E-state index is -5.13. The molecule has 1 rings (SSSR count). The topological polar surface area (TPSA) is 210 Å². The first-order valence-corrected chi connectivity index (χ1v) is 27.3. The Morgan fingerprint density at radius 1 is 0.477 bits per heavy atom. The van der Waals surface area contributed by atoms with Crippen molar-refractivity contribution in [3.63, 3.8) is 0 Å². The smallest absolute Gasteiger partial charge is 0.462 e. The first-order valence-electron chi connectivity index (χ1n) is 25.8. The van der Waals surface area contributed by atoms with E-state index in [0.29, 0.717) is 12.8 Å². The predicted molar refractivity (Wildman–Crippen MR) is 258 cm³/mol. The number of aliphatic hydroxyl groups is 5. The first kappa shape index (κ1) is 61.1. The lowest BCUT2D eigenvalue weighted by Gasteiger charge is -2.41. The van der Waals surface area contributed by atoms with Crippen molar-refractivity contribution < 1.29 is 63.1 Å². The molecule has 8 atom stereocenters. The van der Waals surface area contributed by atoms with E-state index in [0.717, 1.165) is 57.8 Å². The molecule has 0 heterocycles. The molecule has 380 valence electrons. The molecule has 0 radical (unpaired) electrons. The summed E-state index contributed by atoms with van der Waals surface area (Å²) in [5.41, 5.74) is 0. The van der Waals surface area contributed by atoms with Crippen LogP contribution in [0.2, 0.25) is 0 Å². The van der Waals surface area contributed by atoms with E-state index in [1.165, 1.54) is 122 Å². The number of rotatable bonds is 43. The Hall–Kier alpha value is -1.93. The van der Waals surface area contributed by atoms with Crippen LogP contribution in [0.4, 0.5) is 0 Å². The zero-order valence-electron chi connectivity index (χ0n) is 40.5. The van der Waals surface area contributed by atoms with Gasteiger partial charge in [-0.05, 0) is 51.4 Å². The summed E-state index contributed by atoms with van der Waals surface area (Å²) in [6.07, 6.45) is 34.9. The van der Waals surface area contributed by atoms with Crippen molar-refractivity contribution in [2.75, 3.05) is 13.2 Å². The van der Waals surface area contributed by atoms with Gasteiger partial charge in [0.25, 0.3) is 0 Å². The van der Waals surface area contributed by atoms with Gasteiger partial charge in [0, 0.05) is 12.8 Å². The molecule has 1 fully saturated rings. The lowest BCUT2D eigenvalue weighted by Crippen LogP contribution is -2.64. The van der Waals surface area contributed by atoms with Crippen LogP contribution in [0.25, 0.3) is 0 Å². The molecule has 1 saturated carbocycles. The zero-order valence-corrected chi connectivity index (χ0v) is 41.4. The summed E-state index contributed by atoms with van der Waals surface area (Å²) in [4.78, 5) is 35.8. The van der Waals surface area contributed by atoms with Gasteiger partial charge in [-0.1, -0.05) is 192 Å². The number of phosphoric ester groups is 1. The maximum Gasteiger partial charge on any atom is 0.472 e. The summed E-state index contributed by atoms with van der Waals surface area (Å²) < 4.78 is 33.6. The minimum Gasteiger partial charge on any atom is -0.462 e. The molecule has 1 aliphatic rings. The molecule has 0 aromatic rings. The summed E-state index contributed by atoms with van der Waals surface area (Å²) >= 11 is 0. The summed E-state index contributed by atoms with van der Waals surface area (Å²) in [7, 11) is -5.13. The minimum absolute atomic E-state index is 0.0921. The molecule has 0 saturated heterocycles. The molecule has 13 nitrogen and oxygen atoms in total. The highest BCUT2D eigenvalue weighted by molar-refractivity contribution is 7.47. The number of carbonyl (C=O) groups is 2. The van der Waals surface area contributed by atoms with E-state index in [-0.39, 0.29) is 12.8 Å². The molecule has 65 heavy (non-hydrogen) atoms. The fourth-order valence-corrected chi connectivity index (χ4v) is 8.80. The Balaban J connectivity index is 2.40. The van der Waals surface area contributed by atoms with E-state index in [1.807, 2.05) is 0 Å². The van der Waals surface area contributed by atoms with Crippen molar-refractivity contribution in [2.45, 2.75) is 262 Å². The van der Waals surface area contributed by atoms with Gasteiger partial charge >= 0.3 is 19.8 Å². The highest BCUT2D eigenvalue weighted by atomic mass is 31.2. The summed E-state index contributed by atoms with van der Waals surface area (Å²) in [6, 6.07) is 0. The molecule has 0 spiro atoms. The average Bonchev–Trinajstić information content (AvgIpc) is 3.29. The second kappa shape index (κ2) is 41.1. The van der Waals surface area contributed by atoms with Gasteiger partial charge in [0.2, 0.25) is 0 Å². The van der Waals surface area contributed by atoms with Crippen LogP contribution in [0.1, 0.15) is 219 Å². The van der Waals surface area contributed by atoms with Gasteiger partial charge in [-0.2, -0.15) is 0 Å². The highest BCUT2D eigenvalue weighted by Gasteiger charge is 2.51. The third kappa shape index (κ3) is 33.3. The summed E-state index contributed by atoms with van der Waals surface area (Å²) in [5.74, 6) is -1.14. The van der Waals surface area contributed by atoms with Crippen molar-refractivity contribution in [3.05, 3.63) is 36.5 Å². The Kier molecular flexibility index (Phi) is 38.6. The Bertz CT molecular complexity index is 1280. The fraction of sp³-hybridized carbons (Fsp3) is 0.843. The average molecular weight is 945 g/mol. The third-order valence-corrected chi connectivity index (χ3v) is 13.0. The van der Waals surface area contributed by atoms with Crippen LogP contribution < -0.4 is 0 Å². The van der Waals surface area contributed by atoms with E-state index in [4.69, 9.17) is 18.5 Å². The monoisotopic (exact) mass is 945 g/mol. The maximum absolute atomic E-state index is 12.8. The number of aliphatic hydroxyl groups excluding tert-OH is 5.